The fourth-order valence-corrected chi connectivity index (χ4v) is 0.898. The zero-order chi connectivity index (χ0) is 9.68. The Morgan fingerprint density at radius 1 is 1.31 bits per heavy atom. The number of methoxy groups -OCH3 is 1. The summed E-state index contributed by atoms with van der Waals surface area (Å²) in [5.41, 5.74) is 0. The molecule has 3 nitrogen and oxygen atoms in total. The molecule has 3 heteroatoms. The van der Waals surface area contributed by atoms with E-state index >= 15 is 0 Å². The van der Waals surface area contributed by atoms with Crippen molar-refractivity contribution in [2.45, 2.75) is 13.3 Å². The Bertz CT molecular complexity index is 294. The Labute approximate surface area is 77.3 Å². The summed E-state index contributed by atoms with van der Waals surface area (Å²) < 4.78 is 10.0. The van der Waals surface area contributed by atoms with Gasteiger partial charge in [0.2, 0.25) is 0 Å². The molecular formula is C10H12O3. The zero-order valence-corrected chi connectivity index (χ0v) is 7.74. The SMILES string of the molecule is CCC(=O)Oc1ccccc1OC. The molecule has 0 aliphatic carbocycles. The lowest BCUT2D eigenvalue weighted by atomic mass is 10.3. The molecule has 70 valence electrons. The maximum absolute atomic E-state index is 11.0. The van der Waals surface area contributed by atoms with Crippen molar-refractivity contribution < 1.29 is 14.3 Å². The van der Waals surface area contributed by atoms with Gasteiger partial charge >= 0.3 is 5.97 Å². The van der Waals surface area contributed by atoms with Gasteiger partial charge in [0.1, 0.15) is 0 Å². The summed E-state index contributed by atoms with van der Waals surface area (Å²) in [6, 6.07) is 7.06. The third-order valence-corrected chi connectivity index (χ3v) is 1.58. The second-order valence-electron chi connectivity index (χ2n) is 2.48. The van der Waals surface area contributed by atoms with Crippen molar-refractivity contribution in [3.8, 4) is 11.5 Å². The normalized spacial score (nSPS) is 9.38. The van der Waals surface area contributed by atoms with Crippen molar-refractivity contribution in [1.82, 2.24) is 0 Å². The highest BCUT2D eigenvalue weighted by atomic mass is 16.6. The van der Waals surface area contributed by atoms with E-state index in [1.54, 1.807) is 32.2 Å². The van der Waals surface area contributed by atoms with Crippen LogP contribution in [0.2, 0.25) is 0 Å². The first-order valence-corrected chi connectivity index (χ1v) is 4.11. The van der Waals surface area contributed by atoms with Crippen molar-refractivity contribution in [3.63, 3.8) is 0 Å². The topological polar surface area (TPSA) is 35.5 Å². The molecule has 0 aliphatic rings. The van der Waals surface area contributed by atoms with Gasteiger partial charge in [-0.15, -0.1) is 0 Å². The molecule has 0 bridgehead atoms. The second-order valence-corrected chi connectivity index (χ2v) is 2.48. The van der Waals surface area contributed by atoms with Gasteiger partial charge in [-0.2, -0.15) is 0 Å². The van der Waals surface area contributed by atoms with Gasteiger partial charge in [-0.1, -0.05) is 19.1 Å². The number of carbonyl (C=O) groups excluding carboxylic acids is 1. The van der Waals surface area contributed by atoms with Crippen LogP contribution in [0.15, 0.2) is 24.3 Å². The summed E-state index contributed by atoms with van der Waals surface area (Å²) >= 11 is 0. The third kappa shape index (κ3) is 2.47. The molecule has 1 aromatic rings. The molecule has 13 heavy (non-hydrogen) atoms. The Morgan fingerprint density at radius 2 is 1.92 bits per heavy atom. The molecule has 0 radical (unpaired) electrons. The van der Waals surface area contributed by atoms with Gasteiger partial charge in [0.05, 0.1) is 7.11 Å². The molecule has 1 aromatic carbocycles. The number of carbonyl (C=O) groups is 1. The molecule has 0 heterocycles. The quantitative estimate of drug-likeness (QED) is 0.527. The predicted octanol–water partition coefficient (Wildman–Crippen LogP) is 2.01. The third-order valence-electron chi connectivity index (χ3n) is 1.58. The summed E-state index contributed by atoms with van der Waals surface area (Å²) in [5.74, 6) is 0.783. The Hall–Kier alpha value is -1.51. The van der Waals surface area contributed by atoms with E-state index in [1.807, 2.05) is 6.07 Å². The van der Waals surface area contributed by atoms with Crippen molar-refractivity contribution in [3.05, 3.63) is 24.3 Å². The lowest BCUT2D eigenvalue weighted by Gasteiger charge is -2.07. The first kappa shape index (κ1) is 9.58. The maximum Gasteiger partial charge on any atom is 0.311 e. The molecule has 0 unspecified atom stereocenters. The summed E-state index contributed by atoms with van der Waals surface area (Å²) in [7, 11) is 1.54. The van der Waals surface area contributed by atoms with Crippen LogP contribution in [0.1, 0.15) is 13.3 Å². The van der Waals surface area contributed by atoms with Gasteiger partial charge in [0, 0.05) is 6.42 Å². The summed E-state index contributed by atoms with van der Waals surface area (Å²) in [4.78, 5) is 11.0. The highest BCUT2D eigenvalue weighted by Gasteiger charge is 2.06. The van der Waals surface area contributed by atoms with Crippen LogP contribution in [0, 0.1) is 0 Å². The largest absolute Gasteiger partial charge is 0.493 e. The first-order valence-electron chi connectivity index (χ1n) is 4.11. The van der Waals surface area contributed by atoms with Crippen molar-refractivity contribution in [1.29, 1.82) is 0 Å². The molecule has 0 amide bonds. The van der Waals surface area contributed by atoms with E-state index in [0.717, 1.165) is 0 Å². The number of ether oxygens (including phenoxy) is 2. The van der Waals surface area contributed by atoms with Crippen molar-refractivity contribution >= 4 is 5.97 Å². The monoisotopic (exact) mass is 180 g/mol. The van der Waals surface area contributed by atoms with E-state index in [4.69, 9.17) is 9.47 Å². The fourth-order valence-electron chi connectivity index (χ4n) is 0.898. The summed E-state index contributed by atoms with van der Waals surface area (Å²) in [6.45, 7) is 1.75. The van der Waals surface area contributed by atoms with E-state index in [-0.39, 0.29) is 5.97 Å². The van der Waals surface area contributed by atoms with Crippen LogP contribution in [0.3, 0.4) is 0 Å². The molecule has 0 spiro atoms. The van der Waals surface area contributed by atoms with Gasteiger partial charge in [-0.25, -0.2) is 0 Å². The maximum atomic E-state index is 11.0. The fraction of sp³-hybridized carbons (Fsp3) is 0.300. The van der Waals surface area contributed by atoms with Crippen LogP contribution < -0.4 is 9.47 Å². The molecule has 0 aliphatic heterocycles. The molecule has 1 rings (SSSR count). The van der Waals surface area contributed by atoms with Crippen LogP contribution in [0.4, 0.5) is 0 Å². The van der Waals surface area contributed by atoms with Gasteiger partial charge in [0.15, 0.2) is 11.5 Å². The van der Waals surface area contributed by atoms with Crippen LogP contribution in [0.5, 0.6) is 11.5 Å². The minimum absolute atomic E-state index is 0.260. The van der Waals surface area contributed by atoms with E-state index in [9.17, 15) is 4.79 Å². The van der Waals surface area contributed by atoms with Crippen molar-refractivity contribution in [2.24, 2.45) is 0 Å². The summed E-state index contributed by atoms with van der Waals surface area (Å²) in [5, 5.41) is 0. The van der Waals surface area contributed by atoms with Crippen LogP contribution in [0.25, 0.3) is 0 Å². The lowest BCUT2D eigenvalue weighted by molar-refractivity contribution is -0.134. The van der Waals surface area contributed by atoms with E-state index in [2.05, 4.69) is 0 Å². The van der Waals surface area contributed by atoms with Gasteiger partial charge in [0.25, 0.3) is 0 Å². The van der Waals surface area contributed by atoms with Crippen LogP contribution in [-0.2, 0) is 4.79 Å². The van der Waals surface area contributed by atoms with Gasteiger partial charge in [-0.3, -0.25) is 4.79 Å². The van der Waals surface area contributed by atoms with Crippen molar-refractivity contribution in [2.75, 3.05) is 7.11 Å². The van der Waals surface area contributed by atoms with Crippen LogP contribution in [-0.4, -0.2) is 13.1 Å². The highest BCUT2D eigenvalue weighted by molar-refractivity contribution is 5.72. The Balaban J connectivity index is 2.81. The number of rotatable bonds is 3. The Kier molecular flexibility index (Phi) is 3.31. The second kappa shape index (κ2) is 4.50. The van der Waals surface area contributed by atoms with Crippen LogP contribution >= 0.6 is 0 Å². The molecule has 0 fully saturated rings. The van der Waals surface area contributed by atoms with Gasteiger partial charge < -0.3 is 9.47 Å². The zero-order valence-electron chi connectivity index (χ0n) is 7.74. The minimum atomic E-state index is -0.260. The minimum Gasteiger partial charge on any atom is -0.493 e. The van der Waals surface area contributed by atoms with Gasteiger partial charge in [-0.05, 0) is 12.1 Å². The molecule has 0 aromatic heterocycles. The molecule has 0 saturated carbocycles. The van der Waals surface area contributed by atoms with E-state index in [1.165, 1.54) is 0 Å². The molecule has 0 saturated heterocycles. The number of benzene rings is 1. The smallest absolute Gasteiger partial charge is 0.311 e. The summed E-state index contributed by atoms with van der Waals surface area (Å²) in [6.07, 6.45) is 0.359. The number of hydrogen-bond donors (Lipinski definition) is 0. The number of esters is 1. The average Bonchev–Trinajstić information content (AvgIpc) is 2.18. The Morgan fingerprint density at radius 3 is 2.46 bits per heavy atom. The number of hydrogen-bond acceptors (Lipinski definition) is 3. The first-order chi connectivity index (χ1) is 6.27. The average molecular weight is 180 g/mol. The molecule has 0 N–H and O–H groups in total. The number of para-hydroxylation sites is 2. The highest BCUT2D eigenvalue weighted by Crippen LogP contribution is 2.25. The molecular weight excluding hydrogens is 168 g/mol. The molecule has 0 atom stereocenters. The van der Waals surface area contributed by atoms with E-state index < -0.39 is 0 Å². The lowest BCUT2D eigenvalue weighted by Crippen LogP contribution is -2.06. The predicted molar refractivity (Wildman–Crippen MR) is 48.9 cm³/mol. The standard InChI is InChI=1S/C10H12O3/c1-3-10(11)13-9-7-5-4-6-8(9)12-2/h4-7H,3H2,1-2H3. The van der Waals surface area contributed by atoms with E-state index in [0.29, 0.717) is 17.9 Å².